The number of methoxy groups -OCH3 is 2. The molecule has 0 aliphatic rings. The number of nitrogens with two attached hydrogens (primary N) is 1. The summed E-state index contributed by atoms with van der Waals surface area (Å²) in [5.74, 6) is -0.133. The minimum absolute atomic E-state index is 0.150. The zero-order chi connectivity index (χ0) is 17.1. The number of benzene rings is 1. The first-order valence-corrected chi connectivity index (χ1v) is 6.73. The lowest BCUT2D eigenvalue weighted by atomic mass is 10.2. The number of carbonyl (C=O) groups excluding carboxylic acids is 1. The van der Waals surface area contributed by atoms with E-state index in [1.54, 1.807) is 0 Å². The van der Waals surface area contributed by atoms with Crippen LogP contribution in [0, 0.1) is 0 Å². The molecule has 1 heterocycles. The van der Waals surface area contributed by atoms with Crippen LogP contribution in [0.25, 0.3) is 10.9 Å². The highest BCUT2D eigenvalue weighted by Gasteiger charge is 2.17. The van der Waals surface area contributed by atoms with Crippen molar-refractivity contribution in [2.45, 2.75) is 13.1 Å². The van der Waals surface area contributed by atoms with Crippen molar-refractivity contribution in [3.63, 3.8) is 0 Å². The molecule has 0 unspecified atom stereocenters. The van der Waals surface area contributed by atoms with Crippen molar-refractivity contribution in [1.82, 2.24) is 9.13 Å². The number of hydrogen-bond acceptors (Lipinski definition) is 6. The molecular formula is C14H17N3O6. The standard InChI is InChI=1S/C14H17N3O6/c1-22-10-5-8-9(6-11(10)23-2)17(7-12(15)19)14(21)16(3-4-18)13(8)20/h5-6,18H,3-4,7H2,1-2H3,(H2,15,19). The second kappa shape index (κ2) is 6.53. The van der Waals surface area contributed by atoms with Crippen molar-refractivity contribution in [3.05, 3.63) is 33.0 Å². The largest absolute Gasteiger partial charge is 0.493 e. The summed E-state index contributed by atoms with van der Waals surface area (Å²) < 4.78 is 12.2. The van der Waals surface area contributed by atoms with Crippen LogP contribution < -0.4 is 26.5 Å². The van der Waals surface area contributed by atoms with E-state index >= 15 is 0 Å². The third kappa shape index (κ3) is 2.90. The SMILES string of the molecule is COc1cc2c(=O)n(CCO)c(=O)n(CC(N)=O)c2cc1OC. The predicted octanol–water partition coefficient (Wildman–Crippen LogP) is -1.34. The summed E-state index contributed by atoms with van der Waals surface area (Å²) in [6.45, 7) is -0.998. The summed E-state index contributed by atoms with van der Waals surface area (Å²) in [7, 11) is 2.82. The van der Waals surface area contributed by atoms with E-state index < -0.39 is 30.3 Å². The monoisotopic (exact) mass is 323 g/mol. The van der Waals surface area contributed by atoms with Gasteiger partial charge in [-0.3, -0.25) is 18.7 Å². The van der Waals surface area contributed by atoms with Crippen molar-refractivity contribution in [3.8, 4) is 11.5 Å². The van der Waals surface area contributed by atoms with Crippen LogP contribution in [0.1, 0.15) is 0 Å². The Morgan fingerprint density at radius 2 is 1.78 bits per heavy atom. The third-order valence-electron chi connectivity index (χ3n) is 3.37. The van der Waals surface area contributed by atoms with Gasteiger partial charge in [0.15, 0.2) is 11.5 Å². The maximum atomic E-state index is 12.5. The van der Waals surface area contributed by atoms with Gasteiger partial charge >= 0.3 is 5.69 Å². The van der Waals surface area contributed by atoms with Crippen LogP contribution in [0.15, 0.2) is 21.7 Å². The summed E-state index contributed by atoms with van der Waals surface area (Å²) in [5, 5.41) is 9.20. The smallest absolute Gasteiger partial charge is 0.332 e. The Bertz CT molecular complexity index is 867. The van der Waals surface area contributed by atoms with Crippen LogP contribution >= 0.6 is 0 Å². The van der Waals surface area contributed by atoms with Crippen LogP contribution in [0.2, 0.25) is 0 Å². The lowest BCUT2D eigenvalue weighted by Crippen LogP contribution is -2.42. The number of nitrogens with zero attached hydrogens (tertiary/aromatic N) is 2. The number of hydrogen-bond donors (Lipinski definition) is 2. The molecule has 2 aromatic rings. The highest BCUT2D eigenvalue weighted by atomic mass is 16.5. The fourth-order valence-corrected chi connectivity index (χ4v) is 2.35. The van der Waals surface area contributed by atoms with Gasteiger partial charge in [-0.25, -0.2) is 4.79 Å². The van der Waals surface area contributed by atoms with Gasteiger partial charge in [-0.05, 0) is 6.07 Å². The fraction of sp³-hybridized carbons (Fsp3) is 0.357. The van der Waals surface area contributed by atoms with Crippen LogP contribution in [0.5, 0.6) is 11.5 Å². The van der Waals surface area contributed by atoms with Gasteiger partial charge in [0.1, 0.15) is 6.54 Å². The third-order valence-corrected chi connectivity index (χ3v) is 3.37. The molecule has 3 N–H and O–H groups in total. The maximum Gasteiger partial charge on any atom is 0.332 e. The predicted molar refractivity (Wildman–Crippen MR) is 81.9 cm³/mol. The first-order chi connectivity index (χ1) is 10.9. The summed E-state index contributed by atoms with van der Waals surface area (Å²) in [6.07, 6.45) is 0. The lowest BCUT2D eigenvalue weighted by molar-refractivity contribution is -0.118. The number of aliphatic hydroxyl groups excluding tert-OH is 1. The molecule has 0 bridgehead atoms. The van der Waals surface area contributed by atoms with Crippen molar-refractivity contribution < 1.29 is 19.4 Å². The maximum absolute atomic E-state index is 12.5. The van der Waals surface area contributed by atoms with Gasteiger partial charge < -0.3 is 20.3 Å². The van der Waals surface area contributed by atoms with Crippen LogP contribution in [-0.2, 0) is 17.9 Å². The number of aliphatic hydroxyl groups is 1. The highest BCUT2D eigenvalue weighted by molar-refractivity contribution is 5.84. The Labute approximate surface area is 130 Å². The fourth-order valence-electron chi connectivity index (χ4n) is 2.35. The molecular weight excluding hydrogens is 306 g/mol. The number of aromatic nitrogens is 2. The minimum Gasteiger partial charge on any atom is -0.493 e. The molecule has 1 aromatic heterocycles. The van der Waals surface area contributed by atoms with E-state index in [4.69, 9.17) is 20.3 Å². The van der Waals surface area contributed by atoms with Gasteiger partial charge in [0.05, 0.1) is 38.3 Å². The summed E-state index contributed by atoms with van der Waals surface area (Å²) in [4.78, 5) is 36.2. The molecule has 1 aromatic carbocycles. The van der Waals surface area contributed by atoms with E-state index in [2.05, 4.69) is 0 Å². The van der Waals surface area contributed by atoms with Gasteiger partial charge in [-0.15, -0.1) is 0 Å². The molecule has 0 aliphatic carbocycles. The van der Waals surface area contributed by atoms with Crippen LogP contribution in [-0.4, -0.2) is 41.0 Å². The first-order valence-electron chi connectivity index (χ1n) is 6.73. The Hall–Kier alpha value is -2.81. The zero-order valence-corrected chi connectivity index (χ0v) is 12.7. The van der Waals surface area contributed by atoms with E-state index in [-0.39, 0.29) is 17.4 Å². The van der Waals surface area contributed by atoms with E-state index in [0.29, 0.717) is 11.5 Å². The Morgan fingerprint density at radius 1 is 1.17 bits per heavy atom. The van der Waals surface area contributed by atoms with Gasteiger partial charge in [-0.1, -0.05) is 0 Å². The molecule has 0 radical (unpaired) electrons. The molecule has 23 heavy (non-hydrogen) atoms. The molecule has 1 amide bonds. The molecule has 0 spiro atoms. The molecule has 124 valence electrons. The molecule has 0 aliphatic heterocycles. The Morgan fingerprint density at radius 3 is 2.30 bits per heavy atom. The minimum atomic E-state index is -0.739. The normalized spacial score (nSPS) is 10.7. The summed E-state index contributed by atoms with van der Waals surface area (Å²) >= 11 is 0. The van der Waals surface area contributed by atoms with E-state index in [0.717, 1.165) is 9.13 Å². The molecule has 0 fully saturated rings. The number of ether oxygens (including phenoxy) is 2. The molecule has 9 nitrogen and oxygen atoms in total. The van der Waals surface area contributed by atoms with E-state index in [1.807, 2.05) is 0 Å². The molecule has 0 atom stereocenters. The first kappa shape index (κ1) is 16.6. The second-order valence-corrected chi connectivity index (χ2v) is 4.74. The van der Waals surface area contributed by atoms with Crippen molar-refractivity contribution in [1.29, 1.82) is 0 Å². The van der Waals surface area contributed by atoms with Crippen LogP contribution in [0.3, 0.4) is 0 Å². The Kier molecular flexibility index (Phi) is 4.70. The van der Waals surface area contributed by atoms with Gasteiger partial charge in [-0.2, -0.15) is 0 Å². The Balaban J connectivity index is 2.96. The topological polar surface area (TPSA) is 126 Å². The molecule has 2 rings (SSSR count). The number of primary amides is 1. The molecule has 0 saturated heterocycles. The quantitative estimate of drug-likeness (QED) is 0.677. The van der Waals surface area contributed by atoms with E-state index in [1.165, 1.54) is 26.4 Å². The molecule has 0 saturated carbocycles. The van der Waals surface area contributed by atoms with Crippen LogP contribution in [0.4, 0.5) is 0 Å². The van der Waals surface area contributed by atoms with Crippen molar-refractivity contribution >= 4 is 16.8 Å². The summed E-state index contributed by atoms with van der Waals surface area (Å²) in [6, 6.07) is 2.85. The van der Waals surface area contributed by atoms with Crippen molar-refractivity contribution in [2.24, 2.45) is 5.73 Å². The molecule has 9 heteroatoms. The van der Waals surface area contributed by atoms with Gasteiger partial charge in [0.25, 0.3) is 5.56 Å². The zero-order valence-electron chi connectivity index (χ0n) is 12.7. The van der Waals surface area contributed by atoms with Gasteiger partial charge in [0, 0.05) is 6.07 Å². The summed E-state index contributed by atoms with van der Waals surface area (Å²) in [5.41, 5.74) is 4.05. The number of rotatable bonds is 6. The average molecular weight is 323 g/mol. The average Bonchev–Trinajstić information content (AvgIpc) is 2.54. The van der Waals surface area contributed by atoms with Crippen molar-refractivity contribution in [2.75, 3.05) is 20.8 Å². The van der Waals surface area contributed by atoms with E-state index in [9.17, 15) is 14.4 Å². The second-order valence-electron chi connectivity index (χ2n) is 4.74. The number of carbonyl (C=O) groups is 1. The van der Waals surface area contributed by atoms with Gasteiger partial charge in [0.2, 0.25) is 5.91 Å². The highest BCUT2D eigenvalue weighted by Crippen LogP contribution is 2.30. The number of fused-ring (bicyclic) bond motifs is 1. The lowest BCUT2D eigenvalue weighted by Gasteiger charge is -2.15. The number of amides is 1.